The third-order valence-corrected chi connectivity index (χ3v) is 5.13. The van der Waals surface area contributed by atoms with Gasteiger partial charge < -0.3 is 9.47 Å². The van der Waals surface area contributed by atoms with Crippen LogP contribution in [0.2, 0.25) is 0 Å². The third-order valence-electron chi connectivity index (χ3n) is 5.13. The first kappa shape index (κ1) is 21.2. The van der Waals surface area contributed by atoms with Gasteiger partial charge in [0.05, 0.1) is 26.1 Å². The fraction of sp³-hybridized carbons (Fsp3) is 0.200. The van der Waals surface area contributed by atoms with Gasteiger partial charge in [-0.15, -0.1) is 0 Å². The number of Topliss-reactive ketones (excluding diaryl/α,β-unsaturated/α-hetero) is 2. The Morgan fingerprint density at radius 2 is 1.13 bits per heavy atom. The number of hydrogen-bond acceptors (Lipinski definition) is 4. The number of halogens is 1. The first-order valence-electron chi connectivity index (χ1n) is 9.52. The predicted octanol–water partition coefficient (Wildman–Crippen LogP) is 5.18. The number of carbonyl (C=O) groups is 2. The lowest BCUT2D eigenvalue weighted by molar-refractivity contribution is -0.118. The Hall–Kier alpha value is -3.47. The normalized spacial score (nSPS) is 12.7. The molecule has 0 bridgehead atoms. The molecule has 0 aromatic heterocycles. The van der Waals surface area contributed by atoms with E-state index in [9.17, 15) is 14.0 Å². The van der Waals surface area contributed by atoms with Gasteiger partial charge in [-0.2, -0.15) is 0 Å². The number of hydrogen-bond donors (Lipinski definition) is 0. The van der Waals surface area contributed by atoms with Gasteiger partial charge in [0, 0.05) is 5.56 Å². The fourth-order valence-corrected chi connectivity index (χ4v) is 3.57. The summed E-state index contributed by atoms with van der Waals surface area (Å²) in [5, 5.41) is 0. The number of benzene rings is 3. The van der Waals surface area contributed by atoms with Gasteiger partial charge in [-0.1, -0.05) is 24.3 Å². The lowest BCUT2D eigenvalue weighted by atomic mass is 9.75. The van der Waals surface area contributed by atoms with Gasteiger partial charge in [-0.3, -0.25) is 9.59 Å². The zero-order valence-corrected chi connectivity index (χ0v) is 17.1. The highest BCUT2D eigenvalue weighted by Gasteiger charge is 2.35. The van der Waals surface area contributed by atoms with Crippen LogP contribution in [0.25, 0.3) is 0 Å². The largest absolute Gasteiger partial charge is 0.497 e. The molecule has 0 saturated heterocycles. The van der Waals surface area contributed by atoms with Crippen LogP contribution < -0.4 is 9.47 Å². The van der Waals surface area contributed by atoms with Crippen molar-refractivity contribution in [2.24, 2.45) is 0 Å². The van der Waals surface area contributed by atoms with Crippen LogP contribution >= 0.6 is 0 Å². The Kier molecular flexibility index (Phi) is 6.62. The minimum atomic E-state index is -0.771. The average Bonchev–Trinajstić information content (AvgIpc) is 2.78. The second-order valence-electron chi connectivity index (χ2n) is 6.98. The molecule has 3 aromatic carbocycles. The van der Waals surface area contributed by atoms with Gasteiger partial charge in [0.15, 0.2) is 5.78 Å². The van der Waals surface area contributed by atoms with Crippen molar-refractivity contribution in [3.05, 3.63) is 95.3 Å². The van der Waals surface area contributed by atoms with Crippen LogP contribution in [0, 0.1) is 5.82 Å². The molecule has 30 heavy (non-hydrogen) atoms. The zero-order valence-electron chi connectivity index (χ0n) is 17.1. The molecule has 0 aliphatic rings. The maximum absolute atomic E-state index is 13.6. The minimum Gasteiger partial charge on any atom is -0.497 e. The molecule has 0 amide bonds. The summed E-state index contributed by atoms with van der Waals surface area (Å²) in [7, 11) is 3.11. The molecule has 4 nitrogen and oxygen atoms in total. The number of ether oxygens (including phenoxy) is 2. The highest BCUT2D eigenvalue weighted by Crippen LogP contribution is 2.37. The van der Waals surface area contributed by atoms with Crippen LogP contribution in [0.15, 0.2) is 72.8 Å². The SMILES string of the molecule is COc1ccc(C(=O)C(c2ccc(OC)cc2)C(C(C)=O)c2ccc(F)cc2)cc1. The summed E-state index contributed by atoms with van der Waals surface area (Å²) < 4.78 is 23.9. The van der Waals surface area contributed by atoms with E-state index in [1.165, 1.54) is 19.1 Å². The monoisotopic (exact) mass is 406 g/mol. The van der Waals surface area contributed by atoms with E-state index in [1.54, 1.807) is 74.9 Å². The van der Waals surface area contributed by atoms with Gasteiger partial charge in [0.25, 0.3) is 0 Å². The molecular weight excluding hydrogens is 383 g/mol. The highest BCUT2D eigenvalue weighted by atomic mass is 19.1. The molecule has 2 atom stereocenters. The number of methoxy groups -OCH3 is 2. The molecule has 0 heterocycles. The van der Waals surface area contributed by atoms with Crippen molar-refractivity contribution in [2.45, 2.75) is 18.8 Å². The van der Waals surface area contributed by atoms with E-state index >= 15 is 0 Å². The predicted molar refractivity (Wildman–Crippen MR) is 113 cm³/mol. The van der Waals surface area contributed by atoms with Gasteiger partial charge in [0.1, 0.15) is 23.1 Å². The summed E-state index contributed by atoms with van der Waals surface area (Å²) in [6.07, 6.45) is 0. The summed E-state index contributed by atoms with van der Waals surface area (Å²) in [6.45, 7) is 1.45. The molecule has 2 unspecified atom stereocenters. The summed E-state index contributed by atoms with van der Waals surface area (Å²) in [5.74, 6) is -1.02. The summed E-state index contributed by atoms with van der Waals surface area (Å²) in [4.78, 5) is 26.3. The van der Waals surface area contributed by atoms with Crippen molar-refractivity contribution in [3.8, 4) is 11.5 Å². The van der Waals surface area contributed by atoms with E-state index in [-0.39, 0.29) is 11.6 Å². The highest BCUT2D eigenvalue weighted by molar-refractivity contribution is 6.05. The molecule has 0 N–H and O–H groups in total. The lowest BCUT2D eigenvalue weighted by Gasteiger charge is -2.25. The molecule has 154 valence electrons. The van der Waals surface area contributed by atoms with E-state index in [1.807, 2.05) is 0 Å². The third kappa shape index (κ3) is 4.57. The molecule has 0 saturated carbocycles. The standard InChI is InChI=1S/C25H23FO4/c1-16(27)23(17-4-10-20(26)11-5-17)24(18-6-12-21(29-2)13-7-18)25(28)19-8-14-22(30-3)15-9-19/h4-15,23-24H,1-3H3. The first-order chi connectivity index (χ1) is 14.4. The van der Waals surface area contributed by atoms with E-state index in [0.717, 1.165) is 0 Å². The van der Waals surface area contributed by atoms with Crippen LogP contribution in [-0.4, -0.2) is 25.8 Å². The molecule has 0 fully saturated rings. The van der Waals surface area contributed by atoms with Gasteiger partial charge in [-0.25, -0.2) is 4.39 Å². The second kappa shape index (κ2) is 9.35. The Morgan fingerprint density at radius 3 is 1.60 bits per heavy atom. The second-order valence-corrected chi connectivity index (χ2v) is 6.98. The van der Waals surface area contributed by atoms with Crippen molar-refractivity contribution < 1.29 is 23.5 Å². The molecule has 3 aromatic rings. The molecule has 0 aliphatic heterocycles. The summed E-state index contributed by atoms with van der Waals surface area (Å²) in [6, 6.07) is 19.6. The maximum atomic E-state index is 13.6. The Balaban J connectivity index is 2.11. The van der Waals surface area contributed by atoms with E-state index in [4.69, 9.17) is 9.47 Å². The van der Waals surface area contributed by atoms with E-state index < -0.39 is 17.7 Å². The first-order valence-corrected chi connectivity index (χ1v) is 9.52. The molecule has 3 rings (SSSR count). The average molecular weight is 406 g/mol. The Morgan fingerprint density at radius 1 is 0.700 bits per heavy atom. The number of rotatable bonds is 8. The van der Waals surface area contributed by atoms with Gasteiger partial charge in [-0.05, 0) is 66.6 Å². The molecule has 0 spiro atoms. The van der Waals surface area contributed by atoms with Gasteiger partial charge in [0.2, 0.25) is 0 Å². The van der Waals surface area contributed by atoms with Crippen LogP contribution in [0.4, 0.5) is 4.39 Å². The smallest absolute Gasteiger partial charge is 0.171 e. The number of ketones is 2. The van der Waals surface area contributed by atoms with E-state index in [2.05, 4.69) is 0 Å². The zero-order chi connectivity index (χ0) is 21.7. The van der Waals surface area contributed by atoms with Gasteiger partial charge >= 0.3 is 0 Å². The fourth-order valence-electron chi connectivity index (χ4n) is 3.57. The molecule has 5 heteroatoms. The maximum Gasteiger partial charge on any atom is 0.171 e. The minimum absolute atomic E-state index is 0.177. The Labute approximate surface area is 175 Å². The van der Waals surface area contributed by atoms with E-state index in [0.29, 0.717) is 28.2 Å². The topological polar surface area (TPSA) is 52.6 Å². The number of carbonyl (C=O) groups excluding carboxylic acids is 2. The summed E-state index contributed by atoms with van der Waals surface area (Å²) >= 11 is 0. The molecule has 0 aliphatic carbocycles. The van der Waals surface area contributed by atoms with Crippen LogP contribution in [0.3, 0.4) is 0 Å². The summed E-state index contributed by atoms with van der Waals surface area (Å²) in [5.41, 5.74) is 1.73. The Bertz CT molecular complexity index is 1010. The van der Waals surface area contributed by atoms with Crippen LogP contribution in [0.1, 0.15) is 40.2 Å². The quantitative estimate of drug-likeness (QED) is 0.484. The van der Waals surface area contributed by atoms with Crippen molar-refractivity contribution >= 4 is 11.6 Å². The van der Waals surface area contributed by atoms with Crippen molar-refractivity contribution in [1.82, 2.24) is 0 Å². The molecule has 0 radical (unpaired) electrons. The van der Waals surface area contributed by atoms with Crippen LogP contribution in [0.5, 0.6) is 11.5 Å². The lowest BCUT2D eigenvalue weighted by Crippen LogP contribution is -2.25. The van der Waals surface area contributed by atoms with Crippen molar-refractivity contribution in [1.29, 1.82) is 0 Å². The van der Waals surface area contributed by atoms with Crippen molar-refractivity contribution in [3.63, 3.8) is 0 Å². The van der Waals surface area contributed by atoms with Crippen LogP contribution in [-0.2, 0) is 4.79 Å². The van der Waals surface area contributed by atoms with Crippen molar-refractivity contribution in [2.75, 3.05) is 14.2 Å². The molecular formula is C25H23FO4.